The highest BCUT2D eigenvalue weighted by Crippen LogP contribution is 2.34. The first-order valence-electron chi connectivity index (χ1n) is 7.82. The van der Waals surface area contributed by atoms with Gasteiger partial charge in [0.05, 0.1) is 0 Å². The SMILES string of the molecule is CCCC1CCC(C(CCc2cccs2)NN)CC1. The van der Waals surface area contributed by atoms with Crippen molar-refractivity contribution in [2.45, 2.75) is 64.3 Å². The Balaban J connectivity index is 1.75. The first-order chi connectivity index (χ1) is 9.33. The first-order valence-corrected chi connectivity index (χ1v) is 8.70. The van der Waals surface area contributed by atoms with E-state index < -0.39 is 0 Å². The van der Waals surface area contributed by atoms with Crippen LogP contribution in [0, 0.1) is 11.8 Å². The van der Waals surface area contributed by atoms with Gasteiger partial charge in [0.25, 0.3) is 0 Å². The lowest BCUT2D eigenvalue weighted by Crippen LogP contribution is -2.42. The molecule has 0 radical (unpaired) electrons. The molecule has 108 valence electrons. The van der Waals surface area contributed by atoms with Crippen molar-refractivity contribution in [1.29, 1.82) is 0 Å². The second kappa shape index (κ2) is 8.03. The largest absolute Gasteiger partial charge is 0.271 e. The molecule has 1 aromatic rings. The average molecular weight is 280 g/mol. The van der Waals surface area contributed by atoms with Gasteiger partial charge in [-0.25, -0.2) is 0 Å². The number of aryl methyl sites for hydroxylation is 1. The fourth-order valence-corrected chi connectivity index (χ4v) is 4.22. The van der Waals surface area contributed by atoms with Crippen LogP contribution in [-0.4, -0.2) is 6.04 Å². The van der Waals surface area contributed by atoms with E-state index in [1.54, 1.807) is 0 Å². The summed E-state index contributed by atoms with van der Waals surface area (Å²) in [6.07, 6.45) is 10.7. The lowest BCUT2D eigenvalue weighted by molar-refractivity contribution is 0.208. The van der Waals surface area contributed by atoms with Crippen molar-refractivity contribution in [1.82, 2.24) is 5.43 Å². The van der Waals surface area contributed by atoms with Gasteiger partial charge in [0, 0.05) is 10.9 Å². The topological polar surface area (TPSA) is 38.0 Å². The van der Waals surface area contributed by atoms with Crippen molar-refractivity contribution >= 4 is 11.3 Å². The molecule has 0 bridgehead atoms. The molecule has 0 aliphatic heterocycles. The predicted molar refractivity (Wildman–Crippen MR) is 84.1 cm³/mol. The fraction of sp³-hybridized carbons (Fsp3) is 0.750. The summed E-state index contributed by atoms with van der Waals surface area (Å²) in [7, 11) is 0. The number of hydrogen-bond acceptors (Lipinski definition) is 3. The highest BCUT2D eigenvalue weighted by atomic mass is 32.1. The molecule has 1 unspecified atom stereocenters. The number of hydrogen-bond donors (Lipinski definition) is 2. The first kappa shape index (κ1) is 15.0. The predicted octanol–water partition coefficient (Wildman–Crippen LogP) is 4.12. The van der Waals surface area contributed by atoms with Crippen LogP contribution < -0.4 is 11.3 Å². The molecular formula is C16H28N2S. The molecule has 3 heteroatoms. The van der Waals surface area contributed by atoms with E-state index in [1.807, 2.05) is 11.3 Å². The van der Waals surface area contributed by atoms with Crippen LogP contribution >= 0.6 is 11.3 Å². The molecule has 2 nitrogen and oxygen atoms in total. The van der Waals surface area contributed by atoms with Crippen LogP contribution in [0.2, 0.25) is 0 Å². The summed E-state index contributed by atoms with van der Waals surface area (Å²) in [4.78, 5) is 1.49. The lowest BCUT2D eigenvalue weighted by atomic mass is 9.76. The molecule has 0 spiro atoms. The van der Waals surface area contributed by atoms with Gasteiger partial charge in [-0.15, -0.1) is 11.3 Å². The molecule has 0 aromatic carbocycles. The quantitative estimate of drug-likeness (QED) is 0.582. The molecular weight excluding hydrogens is 252 g/mol. The Morgan fingerprint density at radius 1 is 1.37 bits per heavy atom. The summed E-state index contributed by atoms with van der Waals surface area (Å²) >= 11 is 1.86. The van der Waals surface area contributed by atoms with E-state index in [0.29, 0.717) is 6.04 Å². The van der Waals surface area contributed by atoms with Gasteiger partial charge in [-0.2, -0.15) is 0 Å². The number of rotatable bonds is 7. The van der Waals surface area contributed by atoms with Gasteiger partial charge in [0.1, 0.15) is 0 Å². The molecule has 1 aromatic heterocycles. The Morgan fingerprint density at radius 2 is 2.16 bits per heavy atom. The molecule has 1 atom stereocenters. The van der Waals surface area contributed by atoms with Gasteiger partial charge in [-0.3, -0.25) is 11.3 Å². The van der Waals surface area contributed by atoms with Crippen molar-refractivity contribution in [3.63, 3.8) is 0 Å². The summed E-state index contributed by atoms with van der Waals surface area (Å²) in [6, 6.07) is 4.88. The molecule has 0 saturated heterocycles. The van der Waals surface area contributed by atoms with Gasteiger partial charge < -0.3 is 0 Å². The van der Waals surface area contributed by atoms with Crippen molar-refractivity contribution in [3.05, 3.63) is 22.4 Å². The fourth-order valence-electron chi connectivity index (χ4n) is 3.50. The molecule has 1 saturated carbocycles. The minimum atomic E-state index is 0.504. The Labute approximate surface area is 121 Å². The third kappa shape index (κ3) is 4.59. The van der Waals surface area contributed by atoms with Gasteiger partial charge in [0.2, 0.25) is 0 Å². The average Bonchev–Trinajstić information content (AvgIpc) is 2.95. The van der Waals surface area contributed by atoms with Crippen LogP contribution in [0.5, 0.6) is 0 Å². The van der Waals surface area contributed by atoms with Crippen LogP contribution in [0.15, 0.2) is 17.5 Å². The van der Waals surface area contributed by atoms with Crippen molar-refractivity contribution < 1.29 is 0 Å². The van der Waals surface area contributed by atoms with Crippen LogP contribution in [0.1, 0.15) is 56.7 Å². The summed E-state index contributed by atoms with van der Waals surface area (Å²) in [5.74, 6) is 7.56. The molecule has 19 heavy (non-hydrogen) atoms. The van der Waals surface area contributed by atoms with Gasteiger partial charge in [-0.1, -0.05) is 38.7 Å². The van der Waals surface area contributed by atoms with E-state index in [-0.39, 0.29) is 0 Å². The lowest BCUT2D eigenvalue weighted by Gasteiger charge is -2.33. The summed E-state index contributed by atoms with van der Waals surface area (Å²) < 4.78 is 0. The number of nitrogens with one attached hydrogen (secondary N) is 1. The minimum Gasteiger partial charge on any atom is -0.271 e. The monoisotopic (exact) mass is 280 g/mol. The van der Waals surface area contributed by atoms with E-state index >= 15 is 0 Å². The Morgan fingerprint density at radius 3 is 2.74 bits per heavy atom. The number of thiophene rings is 1. The van der Waals surface area contributed by atoms with E-state index in [0.717, 1.165) is 11.8 Å². The zero-order chi connectivity index (χ0) is 13.5. The van der Waals surface area contributed by atoms with Gasteiger partial charge >= 0.3 is 0 Å². The van der Waals surface area contributed by atoms with E-state index in [2.05, 4.69) is 29.9 Å². The third-order valence-electron chi connectivity index (χ3n) is 4.65. The Bertz CT molecular complexity index is 329. The zero-order valence-electron chi connectivity index (χ0n) is 12.1. The highest BCUT2D eigenvalue weighted by molar-refractivity contribution is 7.09. The number of nitrogens with two attached hydrogens (primary N) is 1. The van der Waals surface area contributed by atoms with Crippen LogP contribution in [0.4, 0.5) is 0 Å². The van der Waals surface area contributed by atoms with Gasteiger partial charge in [0.15, 0.2) is 0 Å². The molecule has 1 fully saturated rings. The number of hydrazine groups is 1. The van der Waals surface area contributed by atoms with Crippen LogP contribution in [-0.2, 0) is 6.42 Å². The van der Waals surface area contributed by atoms with E-state index in [1.165, 1.54) is 56.2 Å². The Kier molecular flexibility index (Phi) is 6.35. The van der Waals surface area contributed by atoms with E-state index in [4.69, 9.17) is 5.84 Å². The van der Waals surface area contributed by atoms with E-state index in [9.17, 15) is 0 Å². The summed E-state index contributed by atoms with van der Waals surface area (Å²) in [5.41, 5.74) is 3.09. The summed E-state index contributed by atoms with van der Waals surface area (Å²) in [6.45, 7) is 2.30. The third-order valence-corrected chi connectivity index (χ3v) is 5.59. The van der Waals surface area contributed by atoms with Crippen LogP contribution in [0.25, 0.3) is 0 Å². The molecule has 0 amide bonds. The highest BCUT2D eigenvalue weighted by Gasteiger charge is 2.26. The zero-order valence-corrected chi connectivity index (χ0v) is 12.9. The Hall–Kier alpha value is -0.380. The van der Waals surface area contributed by atoms with Gasteiger partial charge in [-0.05, 0) is 49.0 Å². The molecule has 3 N–H and O–H groups in total. The standard InChI is InChI=1S/C16H28N2S/c1-2-4-13-6-8-14(9-7-13)16(18-17)11-10-15-5-3-12-19-15/h3,5,12-14,16,18H,2,4,6-11,17H2,1H3. The molecule has 1 aliphatic rings. The van der Waals surface area contributed by atoms with Crippen LogP contribution in [0.3, 0.4) is 0 Å². The molecule has 2 rings (SSSR count). The maximum atomic E-state index is 5.79. The maximum absolute atomic E-state index is 5.79. The second-order valence-corrected chi connectivity index (χ2v) is 6.99. The maximum Gasteiger partial charge on any atom is 0.0242 e. The summed E-state index contributed by atoms with van der Waals surface area (Å²) in [5, 5.41) is 2.16. The van der Waals surface area contributed by atoms with Crippen molar-refractivity contribution in [2.24, 2.45) is 17.7 Å². The molecule has 1 heterocycles. The van der Waals surface area contributed by atoms with Crippen molar-refractivity contribution in [2.75, 3.05) is 0 Å². The minimum absolute atomic E-state index is 0.504. The smallest absolute Gasteiger partial charge is 0.0242 e. The van der Waals surface area contributed by atoms with Crippen molar-refractivity contribution in [3.8, 4) is 0 Å². The molecule has 1 aliphatic carbocycles. The second-order valence-electron chi connectivity index (χ2n) is 5.96. The normalized spacial score (nSPS) is 25.4.